The van der Waals surface area contributed by atoms with Gasteiger partial charge >= 0.3 is 0 Å². The predicted octanol–water partition coefficient (Wildman–Crippen LogP) is 4.75. The predicted molar refractivity (Wildman–Crippen MR) is 108 cm³/mol. The van der Waals surface area contributed by atoms with Gasteiger partial charge in [-0.25, -0.2) is 0 Å². The van der Waals surface area contributed by atoms with Crippen molar-refractivity contribution in [1.82, 2.24) is 10.2 Å². The molecular formula is C19H21ClN2OS2. The van der Waals surface area contributed by atoms with E-state index in [1.807, 2.05) is 47.7 Å². The van der Waals surface area contributed by atoms with Crippen LogP contribution < -0.4 is 5.32 Å². The molecule has 6 heteroatoms. The third-order valence-corrected chi connectivity index (χ3v) is 6.47. The number of nitrogens with zero attached hydrogens (tertiary/aromatic N) is 1. The van der Waals surface area contributed by atoms with Gasteiger partial charge in [-0.15, -0.1) is 11.3 Å². The van der Waals surface area contributed by atoms with Gasteiger partial charge in [-0.3, -0.25) is 4.79 Å². The van der Waals surface area contributed by atoms with E-state index in [2.05, 4.69) is 11.4 Å². The molecule has 0 bridgehead atoms. The highest BCUT2D eigenvalue weighted by Crippen LogP contribution is 2.42. The number of thiophene rings is 1. The summed E-state index contributed by atoms with van der Waals surface area (Å²) in [6.45, 7) is 0.660. The molecule has 1 aliphatic rings. The number of Topliss-reactive ketones (excluding diaryl/α,β-unsaturated/α-hetero) is 1. The van der Waals surface area contributed by atoms with Crippen molar-refractivity contribution in [2.24, 2.45) is 0 Å². The molecule has 1 heterocycles. The van der Waals surface area contributed by atoms with E-state index in [0.29, 0.717) is 23.1 Å². The van der Waals surface area contributed by atoms with E-state index in [9.17, 15) is 4.79 Å². The SMILES string of the molecule is CN(C(=S)NCc1cccs1)C1(c2ccccc2Cl)CCCCC1=O. The zero-order valence-corrected chi connectivity index (χ0v) is 16.5. The minimum atomic E-state index is -0.782. The normalized spacial score (nSPS) is 20.3. The van der Waals surface area contributed by atoms with E-state index in [1.54, 1.807) is 11.3 Å². The second-order valence-corrected chi connectivity index (χ2v) is 8.09. The fourth-order valence-electron chi connectivity index (χ4n) is 3.50. The Hall–Kier alpha value is -1.43. The lowest BCUT2D eigenvalue weighted by Gasteiger charge is -2.45. The molecule has 1 atom stereocenters. The van der Waals surface area contributed by atoms with Crippen LogP contribution in [-0.2, 0) is 16.9 Å². The molecule has 1 saturated carbocycles. The average Bonchev–Trinajstić information content (AvgIpc) is 3.14. The van der Waals surface area contributed by atoms with Crippen LogP contribution >= 0.6 is 35.2 Å². The van der Waals surface area contributed by atoms with Gasteiger partial charge in [0.25, 0.3) is 0 Å². The van der Waals surface area contributed by atoms with Crippen LogP contribution in [-0.4, -0.2) is 22.8 Å². The molecule has 0 amide bonds. The molecule has 1 aliphatic carbocycles. The number of carbonyl (C=O) groups is 1. The summed E-state index contributed by atoms with van der Waals surface area (Å²) < 4.78 is 0. The fourth-order valence-corrected chi connectivity index (χ4v) is 4.66. The quantitative estimate of drug-likeness (QED) is 0.761. The maximum absolute atomic E-state index is 13.1. The van der Waals surface area contributed by atoms with Gasteiger partial charge in [-0.05, 0) is 49.0 Å². The Kier molecular flexibility index (Phi) is 5.77. The average molecular weight is 393 g/mol. The van der Waals surface area contributed by atoms with Crippen LogP contribution in [0, 0.1) is 0 Å². The maximum Gasteiger partial charge on any atom is 0.170 e. The van der Waals surface area contributed by atoms with Crippen LogP contribution in [0.3, 0.4) is 0 Å². The number of benzene rings is 1. The number of hydrogen-bond acceptors (Lipinski definition) is 3. The smallest absolute Gasteiger partial charge is 0.170 e. The van der Waals surface area contributed by atoms with Crippen LogP contribution in [0.4, 0.5) is 0 Å². The van der Waals surface area contributed by atoms with Crippen molar-refractivity contribution >= 4 is 46.1 Å². The number of nitrogens with one attached hydrogen (secondary N) is 1. The van der Waals surface area contributed by atoms with Crippen LogP contribution in [0.15, 0.2) is 41.8 Å². The molecule has 1 aromatic heterocycles. The minimum Gasteiger partial charge on any atom is -0.358 e. The molecule has 0 spiro atoms. The molecule has 1 N–H and O–H groups in total. The Labute approximate surface area is 163 Å². The molecule has 1 fully saturated rings. The Balaban J connectivity index is 1.90. The maximum atomic E-state index is 13.1. The van der Waals surface area contributed by atoms with E-state index in [1.165, 1.54) is 4.88 Å². The van der Waals surface area contributed by atoms with E-state index in [0.717, 1.165) is 24.8 Å². The van der Waals surface area contributed by atoms with Crippen LogP contribution in [0.25, 0.3) is 0 Å². The monoisotopic (exact) mass is 392 g/mol. The molecule has 0 saturated heterocycles. The van der Waals surface area contributed by atoms with Gasteiger partial charge in [0, 0.05) is 28.9 Å². The summed E-state index contributed by atoms with van der Waals surface area (Å²) in [5.74, 6) is 0.189. The first-order chi connectivity index (χ1) is 12.1. The third-order valence-electron chi connectivity index (χ3n) is 4.84. The molecule has 132 valence electrons. The topological polar surface area (TPSA) is 32.3 Å². The van der Waals surface area contributed by atoms with E-state index in [-0.39, 0.29) is 5.78 Å². The highest BCUT2D eigenvalue weighted by molar-refractivity contribution is 7.80. The lowest BCUT2D eigenvalue weighted by Crippen LogP contribution is -2.56. The first-order valence-electron chi connectivity index (χ1n) is 8.38. The van der Waals surface area contributed by atoms with Gasteiger partial charge in [-0.1, -0.05) is 35.9 Å². The van der Waals surface area contributed by atoms with Gasteiger partial charge in [0.1, 0.15) is 5.54 Å². The number of thiocarbonyl (C=S) groups is 1. The summed E-state index contributed by atoms with van der Waals surface area (Å²) in [6, 6.07) is 11.7. The number of rotatable bonds is 4. The fraction of sp³-hybridized carbons (Fsp3) is 0.368. The molecule has 0 aliphatic heterocycles. The molecule has 0 radical (unpaired) electrons. The van der Waals surface area contributed by atoms with E-state index < -0.39 is 5.54 Å². The van der Waals surface area contributed by atoms with Gasteiger partial charge in [-0.2, -0.15) is 0 Å². The van der Waals surface area contributed by atoms with Crippen molar-refractivity contribution in [3.8, 4) is 0 Å². The number of halogens is 1. The number of hydrogen-bond donors (Lipinski definition) is 1. The first kappa shape index (κ1) is 18.4. The summed E-state index contributed by atoms with van der Waals surface area (Å²) >= 11 is 13.8. The highest BCUT2D eigenvalue weighted by atomic mass is 35.5. The van der Waals surface area contributed by atoms with Gasteiger partial charge in [0.05, 0.1) is 6.54 Å². The summed E-state index contributed by atoms with van der Waals surface area (Å²) in [4.78, 5) is 16.2. The molecule has 3 rings (SSSR count). The molecule has 1 aromatic carbocycles. The van der Waals surface area contributed by atoms with E-state index in [4.69, 9.17) is 23.8 Å². The first-order valence-corrected chi connectivity index (χ1v) is 10.0. The van der Waals surface area contributed by atoms with Gasteiger partial charge in [0.2, 0.25) is 0 Å². The van der Waals surface area contributed by atoms with Crippen molar-refractivity contribution in [3.63, 3.8) is 0 Å². The standard InChI is InChI=1S/C19H21ClN2OS2/c1-22(18(24)21-13-14-7-6-12-25-14)19(11-5-4-10-17(19)23)15-8-2-3-9-16(15)20/h2-3,6-9,12H,4-5,10-11,13H2,1H3,(H,21,24). The molecule has 3 nitrogen and oxygen atoms in total. The minimum absolute atomic E-state index is 0.189. The van der Waals surface area contributed by atoms with Crippen molar-refractivity contribution in [2.75, 3.05) is 7.05 Å². The second-order valence-electron chi connectivity index (χ2n) is 6.27. The summed E-state index contributed by atoms with van der Waals surface area (Å²) in [6.07, 6.45) is 3.19. The lowest BCUT2D eigenvalue weighted by molar-refractivity contribution is -0.131. The summed E-state index contributed by atoms with van der Waals surface area (Å²) in [5.41, 5.74) is 0.0694. The molecule has 1 unspecified atom stereocenters. The molecule has 2 aromatic rings. The lowest BCUT2D eigenvalue weighted by atomic mass is 9.74. The van der Waals surface area contributed by atoms with Crippen LogP contribution in [0.2, 0.25) is 5.02 Å². The second kappa shape index (κ2) is 7.85. The zero-order valence-electron chi connectivity index (χ0n) is 14.1. The van der Waals surface area contributed by atoms with Gasteiger partial charge in [0.15, 0.2) is 10.9 Å². The van der Waals surface area contributed by atoms with Crippen LogP contribution in [0.5, 0.6) is 0 Å². The van der Waals surface area contributed by atoms with Crippen molar-refractivity contribution in [3.05, 3.63) is 57.2 Å². The third kappa shape index (κ3) is 3.59. The number of ketones is 1. The van der Waals surface area contributed by atoms with Crippen molar-refractivity contribution in [2.45, 2.75) is 37.8 Å². The Bertz CT molecular complexity index is 763. The largest absolute Gasteiger partial charge is 0.358 e. The van der Waals surface area contributed by atoms with Crippen molar-refractivity contribution in [1.29, 1.82) is 0 Å². The molecule has 25 heavy (non-hydrogen) atoms. The zero-order chi connectivity index (χ0) is 17.9. The van der Waals surface area contributed by atoms with Gasteiger partial charge < -0.3 is 10.2 Å². The number of likely N-dealkylation sites (N-methyl/N-ethyl adjacent to an activating group) is 1. The van der Waals surface area contributed by atoms with E-state index >= 15 is 0 Å². The van der Waals surface area contributed by atoms with Crippen LogP contribution in [0.1, 0.15) is 36.1 Å². The highest BCUT2D eigenvalue weighted by Gasteiger charge is 2.47. The Morgan fingerprint density at radius 2 is 2.12 bits per heavy atom. The Morgan fingerprint density at radius 3 is 2.80 bits per heavy atom. The Morgan fingerprint density at radius 1 is 1.32 bits per heavy atom. The molecular weight excluding hydrogens is 372 g/mol. The summed E-state index contributed by atoms with van der Waals surface area (Å²) in [7, 11) is 1.90. The summed E-state index contributed by atoms with van der Waals surface area (Å²) in [5, 5.41) is 6.52. The number of carbonyl (C=O) groups excluding carboxylic acids is 1. The van der Waals surface area contributed by atoms with Crippen molar-refractivity contribution < 1.29 is 4.79 Å².